The van der Waals surface area contributed by atoms with Crippen LogP contribution in [0.3, 0.4) is 0 Å². The van der Waals surface area contributed by atoms with Crippen LogP contribution in [0.25, 0.3) is 27.6 Å². The number of amides is 2. The first-order chi connectivity index (χ1) is 17.3. The molecule has 0 bridgehead atoms. The molecule has 1 aliphatic heterocycles. The molecule has 0 radical (unpaired) electrons. The summed E-state index contributed by atoms with van der Waals surface area (Å²) in [5.74, 6) is -0.179. The van der Waals surface area contributed by atoms with E-state index in [4.69, 9.17) is 0 Å². The van der Waals surface area contributed by atoms with Gasteiger partial charge in [-0.3, -0.25) is 4.68 Å². The highest BCUT2D eigenvalue weighted by molar-refractivity contribution is 5.84. The van der Waals surface area contributed by atoms with Crippen molar-refractivity contribution < 1.29 is 9.18 Å². The maximum absolute atomic E-state index is 12.9. The number of fused-ring (bicyclic) bond motifs is 1. The zero-order chi connectivity index (χ0) is 25.8. The van der Waals surface area contributed by atoms with Crippen molar-refractivity contribution in [3.05, 3.63) is 108 Å². The Morgan fingerprint density at radius 2 is 1.78 bits per heavy atom. The van der Waals surface area contributed by atoms with E-state index in [2.05, 4.69) is 66.1 Å². The Morgan fingerprint density at radius 3 is 2.42 bits per heavy atom. The van der Waals surface area contributed by atoms with E-state index in [1.807, 2.05) is 43.0 Å². The second kappa shape index (κ2) is 10.6. The number of aromatic nitrogens is 2. The number of hydrogen-bond donors (Lipinski definition) is 2. The molecule has 0 spiro atoms. The number of carbonyl (C=O) groups is 1. The van der Waals surface area contributed by atoms with Crippen LogP contribution in [0.4, 0.5) is 9.18 Å². The monoisotopic (exact) mass is 482 g/mol. The number of carbonyl (C=O) groups excluding carboxylic acids is 1. The summed E-state index contributed by atoms with van der Waals surface area (Å²) in [5, 5.41) is 10.9. The molecule has 1 fully saturated rings. The molecule has 2 N–H and O–H groups in total. The van der Waals surface area contributed by atoms with Gasteiger partial charge in [0.05, 0.1) is 17.8 Å². The molecule has 1 aromatic heterocycles. The molecule has 6 heteroatoms. The van der Waals surface area contributed by atoms with Crippen molar-refractivity contribution in [3.63, 3.8) is 0 Å². The maximum Gasteiger partial charge on any atom is 0.319 e. The van der Waals surface area contributed by atoms with Crippen LogP contribution in [0.15, 0.2) is 85.7 Å². The number of nitrogens with one attached hydrogen (secondary N) is 2. The highest BCUT2D eigenvalue weighted by atomic mass is 19.1. The number of nitrogens with zero attached hydrogens (tertiary/aromatic N) is 2. The van der Waals surface area contributed by atoms with E-state index in [1.54, 1.807) is 6.07 Å². The number of aryl methyl sites for hydroxylation is 2. The highest BCUT2D eigenvalue weighted by Gasteiger charge is 2.25. The molecule has 36 heavy (non-hydrogen) atoms. The molecule has 1 aliphatic rings. The molecule has 1 atom stereocenters. The minimum absolute atomic E-state index is 0.169. The van der Waals surface area contributed by atoms with Crippen LogP contribution in [0.5, 0.6) is 0 Å². The number of urea groups is 1. The van der Waals surface area contributed by atoms with Gasteiger partial charge in [-0.15, -0.1) is 0 Å². The zero-order valence-corrected chi connectivity index (χ0v) is 20.9. The fraction of sp³-hybridized carbons (Fsp3) is 0.200. The molecule has 2 amide bonds. The Labute approximate surface area is 211 Å². The Bertz CT molecular complexity index is 1440. The lowest BCUT2D eigenvalue weighted by Gasteiger charge is -2.11. The normalized spacial score (nSPS) is 14.7. The molecule has 5 nitrogen and oxygen atoms in total. The first-order valence-corrected chi connectivity index (χ1v) is 12.1. The summed E-state index contributed by atoms with van der Waals surface area (Å²) in [6, 6.07) is 19.0. The molecule has 184 valence electrons. The number of benzene rings is 3. The second-order valence-electron chi connectivity index (χ2n) is 8.83. The van der Waals surface area contributed by atoms with Crippen LogP contribution < -0.4 is 10.6 Å². The van der Waals surface area contributed by atoms with E-state index < -0.39 is 0 Å². The summed E-state index contributed by atoms with van der Waals surface area (Å²) in [6.07, 6.45) is 3.67. The van der Waals surface area contributed by atoms with E-state index >= 15 is 0 Å². The van der Waals surface area contributed by atoms with Gasteiger partial charge >= 0.3 is 6.03 Å². The van der Waals surface area contributed by atoms with Crippen molar-refractivity contribution in [1.29, 1.82) is 0 Å². The summed E-state index contributed by atoms with van der Waals surface area (Å²) in [5.41, 5.74) is 8.24. The van der Waals surface area contributed by atoms with E-state index in [9.17, 15) is 9.18 Å². The minimum atomic E-state index is -0.203. The predicted octanol–water partition coefficient (Wildman–Crippen LogP) is 6.92. The van der Waals surface area contributed by atoms with Crippen molar-refractivity contribution in [2.24, 2.45) is 7.05 Å². The lowest BCUT2D eigenvalue weighted by atomic mass is 9.97. The van der Waals surface area contributed by atoms with Crippen LogP contribution in [0, 0.1) is 5.82 Å². The van der Waals surface area contributed by atoms with Crippen LogP contribution in [-0.4, -0.2) is 15.8 Å². The third kappa shape index (κ3) is 5.23. The summed E-state index contributed by atoms with van der Waals surface area (Å²) in [6.45, 7) is 11.9. The summed E-state index contributed by atoms with van der Waals surface area (Å²) < 4.78 is 14.8. The third-order valence-corrected chi connectivity index (χ3v) is 6.48. The topological polar surface area (TPSA) is 59.0 Å². The van der Waals surface area contributed by atoms with Gasteiger partial charge < -0.3 is 10.6 Å². The molecule has 1 saturated heterocycles. The molecular weight excluding hydrogens is 451 g/mol. The summed E-state index contributed by atoms with van der Waals surface area (Å²) in [7, 11) is 1.94. The average molecular weight is 483 g/mol. The number of rotatable bonds is 5. The van der Waals surface area contributed by atoms with Crippen LogP contribution in [-0.2, 0) is 13.5 Å². The molecule has 0 aliphatic carbocycles. The number of hydrogen-bond acceptors (Lipinski definition) is 2. The van der Waals surface area contributed by atoms with Crippen molar-refractivity contribution in [1.82, 2.24) is 20.4 Å². The fourth-order valence-corrected chi connectivity index (χ4v) is 4.34. The Kier molecular flexibility index (Phi) is 7.34. The minimum Gasteiger partial charge on any atom is -0.325 e. The van der Waals surface area contributed by atoms with Gasteiger partial charge in [0.15, 0.2) is 0 Å². The second-order valence-corrected chi connectivity index (χ2v) is 8.83. The van der Waals surface area contributed by atoms with Gasteiger partial charge in [-0.1, -0.05) is 63.4 Å². The average Bonchev–Trinajstić information content (AvgIpc) is 3.44. The maximum atomic E-state index is 12.9. The molecule has 1 unspecified atom stereocenters. The molecular formula is C30H31FN4O. The number of allylic oxidation sites excluding steroid dienone is 1. The smallest absolute Gasteiger partial charge is 0.319 e. The van der Waals surface area contributed by atoms with Gasteiger partial charge in [-0.25, -0.2) is 9.18 Å². The lowest BCUT2D eigenvalue weighted by Crippen LogP contribution is -2.21. The fourth-order valence-electron chi connectivity index (χ4n) is 4.34. The standard InChI is InChI=1S/C18H16N4O.C12H15F/c1-11-17(21-18(23)20-11)13-5-3-12(4-6-13)14-7-8-16-15(9-14)10-19-22(16)2;1-4-9(3)12-8-11(13)7-6-10(12)5-2/h3-10,17H,1H2,2H3,(H2,20,21,23);6-8H,3-5H2,1-2H3. The zero-order valence-electron chi connectivity index (χ0n) is 20.9. The summed E-state index contributed by atoms with van der Waals surface area (Å²) in [4.78, 5) is 11.4. The van der Waals surface area contributed by atoms with Gasteiger partial charge in [0.25, 0.3) is 0 Å². The Morgan fingerprint density at radius 1 is 1.06 bits per heavy atom. The quantitative estimate of drug-likeness (QED) is 0.324. The van der Waals surface area contributed by atoms with Crippen LogP contribution >= 0.6 is 0 Å². The Balaban J connectivity index is 0.000000200. The van der Waals surface area contributed by atoms with Crippen molar-refractivity contribution in [2.75, 3.05) is 0 Å². The predicted molar refractivity (Wildman–Crippen MR) is 145 cm³/mol. The van der Waals surface area contributed by atoms with E-state index in [0.717, 1.165) is 51.6 Å². The SMILES string of the molecule is C=C(CC)c1cc(F)ccc1CC.C=C1NC(=O)NC1c1ccc(-c2ccc3c(cnn3C)c2)cc1. The molecule has 4 aromatic rings. The number of halogens is 1. The van der Waals surface area contributed by atoms with Crippen LogP contribution in [0.1, 0.15) is 43.0 Å². The lowest BCUT2D eigenvalue weighted by molar-refractivity contribution is 0.247. The molecule has 5 rings (SSSR count). The van der Waals surface area contributed by atoms with Crippen LogP contribution in [0.2, 0.25) is 0 Å². The largest absolute Gasteiger partial charge is 0.325 e. The van der Waals surface area contributed by atoms with Crippen molar-refractivity contribution in [2.45, 2.75) is 32.7 Å². The molecule has 2 heterocycles. The van der Waals surface area contributed by atoms with Gasteiger partial charge in [0.2, 0.25) is 0 Å². The van der Waals surface area contributed by atoms with E-state index in [-0.39, 0.29) is 17.9 Å². The van der Waals surface area contributed by atoms with Gasteiger partial charge in [0.1, 0.15) is 5.82 Å². The van der Waals surface area contributed by atoms with Gasteiger partial charge in [-0.2, -0.15) is 5.10 Å². The van der Waals surface area contributed by atoms with Crippen molar-refractivity contribution >= 4 is 22.5 Å². The van der Waals surface area contributed by atoms with E-state index in [1.165, 1.54) is 11.6 Å². The highest BCUT2D eigenvalue weighted by Crippen LogP contribution is 2.28. The first kappa shape index (κ1) is 24.9. The summed E-state index contributed by atoms with van der Waals surface area (Å²) >= 11 is 0. The van der Waals surface area contributed by atoms with Gasteiger partial charge in [0, 0.05) is 18.1 Å². The molecule has 0 saturated carbocycles. The Hall–Kier alpha value is -4.19. The van der Waals surface area contributed by atoms with Gasteiger partial charge in [-0.05, 0) is 70.5 Å². The third-order valence-electron chi connectivity index (χ3n) is 6.48. The van der Waals surface area contributed by atoms with Crippen molar-refractivity contribution in [3.8, 4) is 11.1 Å². The molecule has 3 aromatic carbocycles. The first-order valence-electron chi connectivity index (χ1n) is 12.1. The van der Waals surface area contributed by atoms with E-state index in [0.29, 0.717) is 5.70 Å².